The number of anilines is 1. The molecule has 0 fully saturated rings. The number of H-pyrrole nitrogens is 1. The third-order valence-electron chi connectivity index (χ3n) is 3.27. The Kier molecular flexibility index (Phi) is 3.74. The number of rotatable bonds is 4. The van der Waals surface area contributed by atoms with E-state index in [1.165, 1.54) is 5.56 Å². The number of hydrogen-bond acceptors (Lipinski definition) is 4. The molecule has 2 heterocycles. The first-order valence-electron chi connectivity index (χ1n) is 6.60. The lowest BCUT2D eigenvalue weighted by molar-refractivity contribution is 0.641. The smallest absolute Gasteiger partial charge is 0.280 e. The van der Waals surface area contributed by atoms with Crippen molar-refractivity contribution in [1.82, 2.24) is 19.5 Å². The number of aromatic amines is 1. The number of nitrogens with zero attached hydrogens (tertiary/aromatic N) is 3. The van der Waals surface area contributed by atoms with Crippen LogP contribution in [-0.4, -0.2) is 19.5 Å². The van der Waals surface area contributed by atoms with Gasteiger partial charge >= 0.3 is 0 Å². The van der Waals surface area contributed by atoms with E-state index in [1.807, 2.05) is 22.8 Å². The van der Waals surface area contributed by atoms with Crippen LogP contribution in [0.25, 0.3) is 11.2 Å². The largest absolute Gasteiger partial charge is 0.369 e. The molecule has 3 rings (SSSR count). The van der Waals surface area contributed by atoms with Crippen LogP contribution < -0.4 is 11.3 Å². The van der Waals surface area contributed by atoms with Gasteiger partial charge in [0.05, 0.1) is 0 Å². The van der Waals surface area contributed by atoms with E-state index in [0.29, 0.717) is 22.4 Å². The van der Waals surface area contributed by atoms with Crippen molar-refractivity contribution in [2.24, 2.45) is 0 Å². The van der Waals surface area contributed by atoms with Gasteiger partial charge in [-0.25, -0.2) is 4.98 Å². The predicted molar refractivity (Wildman–Crippen MR) is 85.0 cm³/mol. The molecule has 1 aromatic carbocycles. The second-order valence-electron chi connectivity index (χ2n) is 4.75. The van der Waals surface area contributed by atoms with Crippen molar-refractivity contribution in [3.63, 3.8) is 0 Å². The first-order valence-corrected chi connectivity index (χ1v) is 7.40. The highest BCUT2D eigenvalue weighted by molar-refractivity contribution is 9.10. The molecule has 2 aromatic heterocycles. The topological polar surface area (TPSA) is 89.6 Å². The van der Waals surface area contributed by atoms with Crippen LogP contribution in [-0.2, 0) is 13.0 Å². The molecule has 0 aliphatic carbocycles. The number of hydrogen-bond donors (Lipinski definition) is 2. The van der Waals surface area contributed by atoms with E-state index in [1.54, 1.807) is 0 Å². The van der Waals surface area contributed by atoms with Crippen molar-refractivity contribution in [2.45, 2.75) is 19.4 Å². The van der Waals surface area contributed by atoms with Crippen LogP contribution in [0.4, 0.5) is 5.95 Å². The molecular formula is C14H14BrN5O. The molecular weight excluding hydrogens is 334 g/mol. The summed E-state index contributed by atoms with van der Waals surface area (Å²) in [4.78, 5) is 22.6. The number of benzene rings is 1. The average Bonchev–Trinajstić information content (AvgIpc) is 2.77. The molecule has 0 aliphatic heterocycles. The molecule has 0 saturated carbocycles. The lowest BCUT2D eigenvalue weighted by atomic mass is 10.1. The maximum Gasteiger partial charge on any atom is 0.280 e. The molecule has 3 N–H and O–H groups in total. The van der Waals surface area contributed by atoms with Crippen molar-refractivity contribution in [2.75, 3.05) is 5.73 Å². The zero-order valence-corrected chi connectivity index (χ0v) is 12.8. The van der Waals surface area contributed by atoms with Crippen LogP contribution in [0.15, 0.2) is 39.9 Å². The van der Waals surface area contributed by atoms with Crippen LogP contribution in [0.5, 0.6) is 0 Å². The van der Waals surface area contributed by atoms with E-state index >= 15 is 0 Å². The van der Waals surface area contributed by atoms with Gasteiger partial charge < -0.3 is 10.3 Å². The van der Waals surface area contributed by atoms with E-state index < -0.39 is 0 Å². The second-order valence-corrected chi connectivity index (χ2v) is 5.45. The Hall–Kier alpha value is -2.15. The number of halogens is 1. The maximum atomic E-state index is 11.8. The van der Waals surface area contributed by atoms with Crippen LogP contribution in [0.1, 0.15) is 12.0 Å². The molecule has 0 bridgehead atoms. The summed E-state index contributed by atoms with van der Waals surface area (Å²) >= 11 is 3.37. The SMILES string of the molecule is Nc1nc2c(nc(Br)n2CCCc2ccccc2)c(=O)[nH]1. The molecule has 0 atom stereocenters. The fourth-order valence-corrected chi connectivity index (χ4v) is 2.81. The number of imidazole rings is 1. The quantitative estimate of drug-likeness (QED) is 0.707. The summed E-state index contributed by atoms with van der Waals surface area (Å²) in [6.45, 7) is 0.710. The molecule has 0 saturated heterocycles. The van der Waals surface area contributed by atoms with Gasteiger partial charge in [-0.3, -0.25) is 9.78 Å². The minimum Gasteiger partial charge on any atom is -0.369 e. The number of aromatic nitrogens is 4. The van der Waals surface area contributed by atoms with Crippen molar-refractivity contribution >= 4 is 33.0 Å². The molecule has 0 unspecified atom stereocenters. The molecule has 3 aromatic rings. The van der Waals surface area contributed by atoms with Gasteiger partial charge in [0.1, 0.15) is 0 Å². The highest BCUT2D eigenvalue weighted by Gasteiger charge is 2.13. The van der Waals surface area contributed by atoms with Crippen LogP contribution in [0, 0.1) is 0 Å². The summed E-state index contributed by atoms with van der Waals surface area (Å²) < 4.78 is 2.46. The van der Waals surface area contributed by atoms with Gasteiger partial charge in [0.15, 0.2) is 15.9 Å². The number of nitrogen functional groups attached to an aromatic ring is 1. The molecule has 21 heavy (non-hydrogen) atoms. The molecule has 0 spiro atoms. The first-order chi connectivity index (χ1) is 10.1. The van der Waals surface area contributed by atoms with Gasteiger partial charge in [-0.2, -0.15) is 4.98 Å². The van der Waals surface area contributed by atoms with E-state index in [2.05, 4.69) is 43.0 Å². The van der Waals surface area contributed by atoms with Gasteiger partial charge in [0.2, 0.25) is 5.95 Å². The van der Waals surface area contributed by atoms with Crippen molar-refractivity contribution in [3.8, 4) is 0 Å². The van der Waals surface area contributed by atoms with E-state index in [9.17, 15) is 4.79 Å². The Morgan fingerprint density at radius 1 is 1.24 bits per heavy atom. The maximum absolute atomic E-state index is 11.8. The minimum absolute atomic E-state index is 0.101. The predicted octanol–water partition coefficient (Wildman–Crippen LogP) is 2.10. The molecule has 108 valence electrons. The van der Waals surface area contributed by atoms with Crippen LogP contribution in [0.2, 0.25) is 0 Å². The van der Waals surface area contributed by atoms with Gasteiger partial charge in [0, 0.05) is 6.54 Å². The minimum atomic E-state index is -0.319. The molecule has 7 heteroatoms. The number of fused-ring (bicyclic) bond motifs is 1. The zero-order chi connectivity index (χ0) is 14.8. The van der Waals surface area contributed by atoms with E-state index in [0.717, 1.165) is 12.8 Å². The Labute approximate surface area is 129 Å². The Morgan fingerprint density at radius 2 is 2.00 bits per heavy atom. The van der Waals surface area contributed by atoms with Gasteiger partial charge in [-0.1, -0.05) is 30.3 Å². The Bertz CT molecular complexity index is 824. The van der Waals surface area contributed by atoms with Gasteiger partial charge in [-0.05, 0) is 34.3 Å². The molecule has 0 radical (unpaired) electrons. The Morgan fingerprint density at radius 3 is 2.76 bits per heavy atom. The number of nitrogens with two attached hydrogens (primary N) is 1. The fraction of sp³-hybridized carbons (Fsp3) is 0.214. The van der Waals surface area contributed by atoms with E-state index in [-0.39, 0.29) is 11.5 Å². The van der Waals surface area contributed by atoms with Crippen molar-refractivity contribution in [1.29, 1.82) is 0 Å². The van der Waals surface area contributed by atoms with Crippen LogP contribution in [0.3, 0.4) is 0 Å². The first kappa shape index (κ1) is 13.8. The molecule has 0 amide bonds. The lowest BCUT2D eigenvalue weighted by Crippen LogP contribution is -2.12. The third-order valence-corrected chi connectivity index (χ3v) is 3.87. The summed E-state index contributed by atoms with van der Waals surface area (Å²) in [5.41, 5.74) is 7.37. The summed E-state index contributed by atoms with van der Waals surface area (Å²) in [7, 11) is 0. The molecule has 0 aliphatic rings. The fourth-order valence-electron chi connectivity index (χ4n) is 2.29. The third kappa shape index (κ3) is 2.82. The highest BCUT2D eigenvalue weighted by atomic mass is 79.9. The zero-order valence-electron chi connectivity index (χ0n) is 11.2. The molecule has 6 nitrogen and oxygen atoms in total. The second kappa shape index (κ2) is 5.69. The summed E-state index contributed by atoms with van der Waals surface area (Å²) in [6.07, 6.45) is 1.87. The van der Waals surface area contributed by atoms with Crippen molar-refractivity contribution in [3.05, 3.63) is 51.0 Å². The Balaban J connectivity index is 1.84. The lowest BCUT2D eigenvalue weighted by Gasteiger charge is -2.05. The van der Waals surface area contributed by atoms with Gasteiger partial charge in [-0.15, -0.1) is 0 Å². The average molecular weight is 348 g/mol. The summed E-state index contributed by atoms with van der Waals surface area (Å²) in [5.74, 6) is 0.101. The monoisotopic (exact) mass is 347 g/mol. The number of nitrogens with one attached hydrogen (secondary N) is 1. The van der Waals surface area contributed by atoms with Crippen molar-refractivity contribution < 1.29 is 0 Å². The summed E-state index contributed by atoms with van der Waals surface area (Å²) in [6, 6.07) is 10.3. The highest BCUT2D eigenvalue weighted by Crippen LogP contribution is 2.17. The van der Waals surface area contributed by atoms with Gasteiger partial charge in [0.25, 0.3) is 5.56 Å². The standard InChI is InChI=1S/C14H14BrN5O/c15-13-17-10-11(18-14(16)19-12(10)21)20(13)8-4-7-9-5-2-1-3-6-9/h1-3,5-6H,4,7-8H2,(H3,16,18,19,21). The van der Waals surface area contributed by atoms with Crippen LogP contribution >= 0.6 is 15.9 Å². The summed E-state index contributed by atoms with van der Waals surface area (Å²) in [5, 5.41) is 0. The number of aryl methyl sites for hydroxylation is 2. The normalized spacial score (nSPS) is 11.1. The van der Waals surface area contributed by atoms with E-state index in [4.69, 9.17) is 5.73 Å².